The maximum Gasteiger partial charge on any atom is 0.0701 e. The number of rotatable bonds is 31. The number of hydrogen-bond acceptors (Lipinski definition) is 7. The fourth-order valence-electron chi connectivity index (χ4n) is 3.51. The van der Waals surface area contributed by atoms with Gasteiger partial charge in [0.1, 0.15) is 0 Å². The molecule has 0 heterocycles. The standard InChI is InChI=1S/C27H57NO4S2/c1-2-3-4-5-12-15-26-33-34-27-16-13-10-8-6-7-9-11-14-18-29-20-22-31-24-25-32-23-21-30-19-17-28/h2-28H2,1H3. The largest absolute Gasteiger partial charge is 0.379 e. The first-order valence-electron chi connectivity index (χ1n) is 14.2. The van der Waals surface area contributed by atoms with E-state index in [-0.39, 0.29) is 0 Å². The molecule has 0 aromatic carbocycles. The predicted octanol–water partition coefficient (Wildman–Crippen LogP) is 7.26. The summed E-state index contributed by atoms with van der Waals surface area (Å²) in [5.74, 6) is 2.68. The Bertz CT molecular complexity index is 323. The van der Waals surface area contributed by atoms with E-state index in [1.54, 1.807) is 0 Å². The Morgan fingerprint density at radius 1 is 0.412 bits per heavy atom. The maximum atomic E-state index is 5.64. The predicted molar refractivity (Wildman–Crippen MR) is 152 cm³/mol. The minimum Gasteiger partial charge on any atom is -0.379 e. The van der Waals surface area contributed by atoms with E-state index < -0.39 is 0 Å². The molecule has 7 heteroatoms. The highest BCUT2D eigenvalue weighted by Gasteiger charge is 1.96. The summed E-state index contributed by atoms with van der Waals surface area (Å²) in [6.07, 6.45) is 20.7. The van der Waals surface area contributed by atoms with Crippen LogP contribution in [-0.4, -0.2) is 70.9 Å². The summed E-state index contributed by atoms with van der Waals surface area (Å²) in [7, 11) is 4.19. The summed E-state index contributed by atoms with van der Waals surface area (Å²) in [5.41, 5.74) is 5.34. The molecule has 0 saturated heterocycles. The van der Waals surface area contributed by atoms with Crippen LogP contribution in [0, 0.1) is 0 Å². The third-order valence-corrected chi connectivity index (χ3v) is 8.14. The second kappa shape index (κ2) is 33.5. The van der Waals surface area contributed by atoms with E-state index in [0.717, 1.165) is 6.61 Å². The summed E-state index contributed by atoms with van der Waals surface area (Å²) in [6.45, 7) is 8.01. The molecule has 206 valence electrons. The first-order chi connectivity index (χ1) is 16.9. The van der Waals surface area contributed by atoms with Crippen LogP contribution in [0.3, 0.4) is 0 Å². The summed E-state index contributed by atoms with van der Waals surface area (Å²) in [4.78, 5) is 0. The third kappa shape index (κ3) is 32.5. The number of unbranched alkanes of at least 4 members (excludes halogenated alkanes) is 13. The van der Waals surface area contributed by atoms with Gasteiger partial charge in [0.15, 0.2) is 0 Å². The van der Waals surface area contributed by atoms with E-state index in [1.165, 1.54) is 108 Å². The van der Waals surface area contributed by atoms with Gasteiger partial charge in [0, 0.05) is 24.7 Å². The monoisotopic (exact) mass is 523 g/mol. The number of nitrogens with two attached hydrogens (primary N) is 1. The average Bonchev–Trinajstić information content (AvgIpc) is 2.85. The van der Waals surface area contributed by atoms with Gasteiger partial charge >= 0.3 is 0 Å². The molecule has 0 saturated carbocycles. The Labute approximate surface area is 220 Å². The van der Waals surface area contributed by atoms with E-state index in [9.17, 15) is 0 Å². The Hall–Kier alpha value is 0.500. The van der Waals surface area contributed by atoms with Gasteiger partial charge in [0.25, 0.3) is 0 Å². The molecule has 0 radical (unpaired) electrons. The lowest BCUT2D eigenvalue weighted by atomic mass is 10.1. The first-order valence-corrected chi connectivity index (χ1v) is 16.7. The van der Waals surface area contributed by atoms with Crippen LogP contribution >= 0.6 is 21.6 Å². The third-order valence-electron chi connectivity index (χ3n) is 5.56. The Balaban J connectivity index is 2.99. The molecule has 0 aliphatic heterocycles. The van der Waals surface area contributed by atoms with Crippen LogP contribution in [0.5, 0.6) is 0 Å². The van der Waals surface area contributed by atoms with Gasteiger partial charge in [-0.15, -0.1) is 0 Å². The maximum absolute atomic E-state index is 5.64. The molecule has 0 atom stereocenters. The highest BCUT2D eigenvalue weighted by molar-refractivity contribution is 8.76. The van der Waals surface area contributed by atoms with Crippen molar-refractivity contribution in [2.75, 3.05) is 70.9 Å². The minimum absolute atomic E-state index is 0.557. The summed E-state index contributed by atoms with van der Waals surface area (Å²) < 4.78 is 21.8. The quantitative estimate of drug-likeness (QED) is 0.0757. The molecule has 0 rings (SSSR count). The van der Waals surface area contributed by atoms with Crippen LogP contribution in [-0.2, 0) is 18.9 Å². The van der Waals surface area contributed by atoms with Crippen LogP contribution in [0.2, 0.25) is 0 Å². The van der Waals surface area contributed by atoms with Gasteiger partial charge in [-0.05, 0) is 19.3 Å². The van der Waals surface area contributed by atoms with Gasteiger partial charge in [-0.2, -0.15) is 0 Å². The van der Waals surface area contributed by atoms with Gasteiger partial charge in [-0.25, -0.2) is 0 Å². The molecule has 0 fully saturated rings. The molecule has 0 aromatic heterocycles. The summed E-state index contributed by atoms with van der Waals surface area (Å²) in [5, 5.41) is 0. The average molecular weight is 524 g/mol. The van der Waals surface area contributed by atoms with Crippen molar-refractivity contribution in [3.05, 3.63) is 0 Å². The van der Waals surface area contributed by atoms with Gasteiger partial charge < -0.3 is 24.7 Å². The zero-order chi connectivity index (χ0) is 24.6. The normalized spacial score (nSPS) is 11.5. The van der Waals surface area contributed by atoms with Crippen molar-refractivity contribution in [2.45, 2.75) is 103 Å². The molecular weight excluding hydrogens is 466 g/mol. The van der Waals surface area contributed by atoms with E-state index in [0.29, 0.717) is 52.8 Å². The fraction of sp³-hybridized carbons (Fsp3) is 1.00. The summed E-state index contributed by atoms with van der Waals surface area (Å²) in [6, 6.07) is 0. The highest BCUT2D eigenvalue weighted by atomic mass is 33.1. The summed E-state index contributed by atoms with van der Waals surface area (Å²) >= 11 is 0. The fourth-order valence-corrected chi connectivity index (χ4v) is 5.80. The Morgan fingerprint density at radius 2 is 0.765 bits per heavy atom. The molecule has 34 heavy (non-hydrogen) atoms. The van der Waals surface area contributed by atoms with Crippen LogP contribution in [0.1, 0.15) is 103 Å². The smallest absolute Gasteiger partial charge is 0.0701 e. The molecule has 0 bridgehead atoms. The molecule has 0 unspecified atom stereocenters. The number of hydrogen-bond donors (Lipinski definition) is 1. The van der Waals surface area contributed by atoms with Crippen molar-refractivity contribution in [1.29, 1.82) is 0 Å². The van der Waals surface area contributed by atoms with Crippen molar-refractivity contribution in [3.63, 3.8) is 0 Å². The van der Waals surface area contributed by atoms with Gasteiger partial charge in [0.2, 0.25) is 0 Å². The Kier molecular flexibility index (Phi) is 34.0. The molecule has 0 aliphatic carbocycles. The van der Waals surface area contributed by atoms with Crippen molar-refractivity contribution < 1.29 is 18.9 Å². The van der Waals surface area contributed by atoms with Gasteiger partial charge in [-0.3, -0.25) is 0 Å². The van der Waals surface area contributed by atoms with Crippen molar-refractivity contribution in [1.82, 2.24) is 0 Å². The molecule has 5 nitrogen and oxygen atoms in total. The number of ether oxygens (including phenoxy) is 4. The van der Waals surface area contributed by atoms with E-state index in [1.807, 2.05) is 0 Å². The van der Waals surface area contributed by atoms with Gasteiger partial charge in [-0.1, -0.05) is 106 Å². The van der Waals surface area contributed by atoms with Crippen LogP contribution < -0.4 is 5.73 Å². The van der Waals surface area contributed by atoms with Crippen molar-refractivity contribution in [3.8, 4) is 0 Å². The topological polar surface area (TPSA) is 62.9 Å². The molecule has 0 aromatic rings. The SMILES string of the molecule is CCCCCCCCSSCCCCCCCCCCCOCCOCCOCCOCCN. The van der Waals surface area contributed by atoms with E-state index >= 15 is 0 Å². The van der Waals surface area contributed by atoms with Crippen LogP contribution in [0.15, 0.2) is 0 Å². The lowest BCUT2D eigenvalue weighted by molar-refractivity contribution is -0.00135. The van der Waals surface area contributed by atoms with Gasteiger partial charge in [0.05, 0.1) is 46.2 Å². The zero-order valence-corrected chi connectivity index (χ0v) is 24.0. The highest BCUT2D eigenvalue weighted by Crippen LogP contribution is 2.24. The van der Waals surface area contributed by atoms with E-state index in [2.05, 4.69) is 28.5 Å². The van der Waals surface area contributed by atoms with Crippen molar-refractivity contribution >= 4 is 21.6 Å². The second-order valence-corrected chi connectivity index (χ2v) is 11.5. The zero-order valence-electron chi connectivity index (χ0n) is 22.4. The molecule has 0 aliphatic rings. The first kappa shape index (κ1) is 34.5. The van der Waals surface area contributed by atoms with E-state index in [4.69, 9.17) is 24.7 Å². The molecule has 2 N–H and O–H groups in total. The minimum atomic E-state index is 0.557. The Morgan fingerprint density at radius 3 is 1.21 bits per heavy atom. The lowest BCUT2D eigenvalue weighted by Crippen LogP contribution is -2.14. The molecule has 0 spiro atoms. The van der Waals surface area contributed by atoms with Crippen molar-refractivity contribution in [2.24, 2.45) is 5.73 Å². The van der Waals surface area contributed by atoms with Crippen LogP contribution in [0.4, 0.5) is 0 Å². The second-order valence-electron chi connectivity index (χ2n) is 8.83. The molecule has 0 amide bonds. The van der Waals surface area contributed by atoms with Crippen LogP contribution in [0.25, 0.3) is 0 Å². The molecular formula is C27H57NO4S2. The lowest BCUT2D eigenvalue weighted by Gasteiger charge is -2.07.